The SMILES string of the molecule is c1ccc(-c2cccc(CCCc3cccc4ccccc34)c2-c2ccccc2)cc1. The summed E-state index contributed by atoms with van der Waals surface area (Å²) in [6.07, 6.45) is 3.28. The van der Waals surface area contributed by atoms with Crippen LogP contribution in [0, 0.1) is 0 Å². The molecule has 0 saturated carbocycles. The average molecular weight is 399 g/mol. The molecule has 0 unspecified atom stereocenters. The van der Waals surface area contributed by atoms with E-state index in [2.05, 4.69) is 121 Å². The van der Waals surface area contributed by atoms with Gasteiger partial charge in [0.05, 0.1) is 0 Å². The van der Waals surface area contributed by atoms with Gasteiger partial charge in [-0.1, -0.05) is 121 Å². The van der Waals surface area contributed by atoms with Gasteiger partial charge in [0.25, 0.3) is 0 Å². The van der Waals surface area contributed by atoms with E-state index in [1.807, 2.05) is 0 Å². The van der Waals surface area contributed by atoms with Crippen LogP contribution in [0.1, 0.15) is 17.5 Å². The molecule has 31 heavy (non-hydrogen) atoms. The zero-order valence-electron chi connectivity index (χ0n) is 17.7. The lowest BCUT2D eigenvalue weighted by molar-refractivity contribution is 0.826. The van der Waals surface area contributed by atoms with Gasteiger partial charge in [0, 0.05) is 0 Å². The predicted octanol–water partition coefficient (Wildman–Crippen LogP) is 8.35. The molecule has 0 aliphatic rings. The van der Waals surface area contributed by atoms with Gasteiger partial charge < -0.3 is 0 Å². The lowest BCUT2D eigenvalue weighted by Gasteiger charge is -2.16. The van der Waals surface area contributed by atoms with E-state index >= 15 is 0 Å². The monoisotopic (exact) mass is 398 g/mol. The Hall–Kier alpha value is -3.64. The van der Waals surface area contributed by atoms with E-state index in [0.29, 0.717) is 0 Å². The Labute approximate surface area is 184 Å². The fraction of sp³-hybridized carbons (Fsp3) is 0.0968. The smallest absolute Gasteiger partial charge is 0.00733 e. The average Bonchev–Trinajstić information content (AvgIpc) is 2.85. The van der Waals surface area contributed by atoms with Crippen molar-refractivity contribution in [3.05, 3.63) is 132 Å². The molecule has 5 aromatic rings. The molecule has 150 valence electrons. The van der Waals surface area contributed by atoms with Crippen LogP contribution in [0.4, 0.5) is 0 Å². The van der Waals surface area contributed by atoms with Crippen molar-refractivity contribution in [3.8, 4) is 22.3 Å². The Kier molecular flexibility index (Phi) is 5.62. The van der Waals surface area contributed by atoms with Crippen LogP contribution >= 0.6 is 0 Å². The second-order valence-corrected chi connectivity index (χ2v) is 8.06. The second-order valence-electron chi connectivity index (χ2n) is 8.06. The molecule has 0 N–H and O–H groups in total. The van der Waals surface area contributed by atoms with Crippen molar-refractivity contribution in [2.45, 2.75) is 19.3 Å². The molecule has 0 aromatic heterocycles. The van der Waals surface area contributed by atoms with Crippen molar-refractivity contribution in [1.82, 2.24) is 0 Å². The highest BCUT2D eigenvalue weighted by Gasteiger charge is 2.12. The summed E-state index contributed by atoms with van der Waals surface area (Å²) in [7, 11) is 0. The molecule has 0 nitrogen and oxygen atoms in total. The summed E-state index contributed by atoms with van der Waals surface area (Å²) in [5.74, 6) is 0. The first kappa shape index (κ1) is 19.3. The van der Waals surface area contributed by atoms with Crippen LogP contribution in [-0.2, 0) is 12.8 Å². The fourth-order valence-electron chi connectivity index (χ4n) is 4.59. The van der Waals surface area contributed by atoms with Gasteiger partial charge in [-0.25, -0.2) is 0 Å². The zero-order chi connectivity index (χ0) is 20.9. The Balaban J connectivity index is 1.48. The number of hydrogen-bond acceptors (Lipinski definition) is 0. The van der Waals surface area contributed by atoms with Crippen LogP contribution in [0.5, 0.6) is 0 Å². The van der Waals surface area contributed by atoms with Gasteiger partial charge in [-0.05, 0) is 63.4 Å². The van der Waals surface area contributed by atoms with Crippen LogP contribution < -0.4 is 0 Å². The van der Waals surface area contributed by atoms with Crippen LogP contribution in [-0.4, -0.2) is 0 Å². The molecule has 0 spiro atoms. The molecular formula is C31H26. The third-order valence-electron chi connectivity index (χ3n) is 6.07. The van der Waals surface area contributed by atoms with Crippen molar-refractivity contribution in [2.24, 2.45) is 0 Å². The number of fused-ring (bicyclic) bond motifs is 1. The van der Waals surface area contributed by atoms with Crippen LogP contribution in [0.25, 0.3) is 33.0 Å². The van der Waals surface area contributed by atoms with Gasteiger partial charge in [0.15, 0.2) is 0 Å². The zero-order valence-corrected chi connectivity index (χ0v) is 17.7. The number of aryl methyl sites for hydroxylation is 2. The van der Waals surface area contributed by atoms with Crippen molar-refractivity contribution in [1.29, 1.82) is 0 Å². The highest BCUT2D eigenvalue weighted by atomic mass is 14.2. The van der Waals surface area contributed by atoms with Gasteiger partial charge in [0.1, 0.15) is 0 Å². The molecule has 0 saturated heterocycles. The largest absolute Gasteiger partial charge is 0.0622 e. The molecular weight excluding hydrogens is 372 g/mol. The van der Waals surface area contributed by atoms with E-state index in [1.54, 1.807) is 0 Å². The van der Waals surface area contributed by atoms with E-state index in [4.69, 9.17) is 0 Å². The number of hydrogen-bond donors (Lipinski definition) is 0. The molecule has 0 fully saturated rings. The maximum absolute atomic E-state index is 2.30. The standard InChI is InChI=1S/C31H26/c1-3-12-26(13-4-1)30-23-11-21-28(31(30)27-15-5-2-6-16-27)20-10-19-25-18-9-17-24-14-7-8-22-29(24)25/h1-9,11-18,21-23H,10,19-20H2. The third kappa shape index (κ3) is 4.15. The second kappa shape index (κ2) is 9.02. The molecule has 0 heterocycles. The van der Waals surface area contributed by atoms with E-state index in [0.717, 1.165) is 19.3 Å². The summed E-state index contributed by atoms with van der Waals surface area (Å²) in [4.78, 5) is 0. The van der Waals surface area contributed by atoms with Gasteiger partial charge in [-0.15, -0.1) is 0 Å². The minimum Gasteiger partial charge on any atom is -0.0622 e. The predicted molar refractivity (Wildman–Crippen MR) is 133 cm³/mol. The molecule has 0 radical (unpaired) electrons. The fourth-order valence-corrected chi connectivity index (χ4v) is 4.59. The van der Waals surface area contributed by atoms with E-state index in [1.165, 1.54) is 44.2 Å². The Morgan fingerprint density at radius 2 is 1.00 bits per heavy atom. The minimum absolute atomic E-state index is 1.06. The van der Waals surface area contributed by atoms with Gasteiger partial charge >= 0.3 is 0 Å². The number of rotatable bonds is 6. The van der Waals surface area contributed by atoms with E-state index in [9.17, 15) is 0 Å². The van der Waals surface area contributed by atoms with E-state index in [-0.39, 0.29) is 0 Å². The highest BCUT2D eigenvalue weighted by molar-refractivity contribution is 5.86. The van der Waals surface area contributed by atoms with Gasteiger partial charge in [-0.3, -0.25) is 0 Å². The van der Waals surface area contributed by atoms with Crippen LogP contribution in [0.3, 0.4) is 0 Å². The summed E-state index contributed by atoms with van der Waals surface area (Å²) in [6, 6.07) is 43.7. The lowest BCUT2D eigenvalue weighted by Crippen LogP contribution is -1.96. The summed E-state index contributed by atoms with van der Waals surface area (Å²) < 4.78 is 0. The van der Waals surface area contributed by atoms with Crippen LogP contribution in [0.15, 0.2) is 121 Å². The minimum atomic E-state index is 1.06. The van der Waals surface area contributed by atoms with Crippen molar-refractivity contribution in [3.63, 3.8) is 0 Å². The van der Waals surface area contributed by atoms with E-state index < -0.39 is 0 Å². The molecule has 0 amide bonds. The summed E-state index contributed by atoms with van der Waals surface area (Å²) in [5, 5.41) is 2.71. The maximum Gasteiger partial charge on any atom is -0.00733 e. The quantitative estimate of drug-likeness (QED) is 0.269. The Bertz CT molecular complexity index is 1280. The van der Waals surface area contributed by atoms with Gasteiger partial charge in [-0.2, -0.15) is 0 Å². The first-order valence-electron chi connectivity index (χ1n) is 11.1. The summed E-state index contributed by atoms with van der Waals surface area (Å²) in [5.41, 5.74) is 8.12. The van der Waals surface area contributed by atoms with Crippen LogP contribution in [0.2, 0.25) is 0 Å². The first-order chi connectivity index (χ1) is 15.4. The van der Waals surface area contributed by atoms with Gasteiger partial charge in [0.2, 0.25) is 0 Å². The lowest BCUT2D eigenvalue weighted by atomic mass is 9.88. The molecule has 5 aromatic carbocycles. The molecule has 0 heteroatoms. The molecule has 0 bridgehead atoms. The third-order valence-corrected chi connectivity index (χ3v) is 6.07. The highest BCUT2D eigenvalue weighted by Crippen LogP contribution is 2.35. The maximum atomic E-state index is 2.30. The normalized spacial score (nSPS) is 11.0. The Morgan fingerprint density at radius 3 is 1.81 bits per heavy atom. The Morgan fingerprint density at radius 1 is 0.419 bits per heavy atom. The topological polar surface area (TPSA) is 0 Å². The molecule has 0 atom stereocenters. The van der Waals surface area contributed by atoms with Crippen molar-refractivity contribution < 1.29 is 0 Å². The summed E-state index contributed by atoms with van der Waals surface area (Å²) in [6.45, 7) is 0. The first-order valence-corrected chi connectivity index (χ1v) is 11.1. The number of benzene rings is 5. The van der Waals surface area contributed by atoms with Crippen molar-refractivity contribution in [2.75, 3.05) is 0 Å². The molecule has 5 rings (SSSR count). The van der Waals surface area contributed by atoms with Crippen molar-refractivity contribution >= 4 is 10.8 Å². The molecule has 0 aliphatic carbocycles. The summed E-state index contributed by atoms with van der Waals surface area (Å²) >= 11 is 0. The molecule has 0 aliphatic heterocycles.